The summed E-state index contributed by atoms with van der Waals surface area (Å²) in [7, 11) is 1.95. The van der Waals surface area contributed by atoms with Crippen LogP contribution in [0.5, 0.6) is 0 Å². The van der Waals surface area contributed by atoms with Gasteiger partial charge in [0, 0.05) is 19.8 Å². The monoisotopic (exact) mass is 208 g/mol. The van der Waals surface area contributed by atoms with E-state index < -0.39 is 0 Å². The molecule has 0 aliphatic carbocycles. The van der Waals surface area contributed by atoms with Gasteiger partial charge < -0.3 is 15.8 Å². The third kappa shape index (κ3) is 2.59. The molecule has 0 saturated heterocycles. The molecule has 0 spiro atoms. The van der Waals surface area contributed by atoms with E-state index in [-0.39, 0.29) is 5.84 Å². The highest BCUT2D eigenvalue weighted by atomic mass is 16.4. The lowest BCUT2D eigenvalue weighted by Gasteiger charge is -2.20. The SMILES string of the molecule is CCCN(C)c1cccnc1/C(N)=N/O. The van der Waals surface area contributed by atoms with Crippen LogP contribution in [0.3, 0.4) is 0 Å². The third-order valence-electron chi connectivity index (χ3n) is 2.11. The van der Waals surface area contributed by atoms with Crippen LogP contribution in [0.15, 0.2) is 23.5 Å². The molecule has 0 amide bonds. The first kappa shape index (κ1) is 11.3. The Balaban J connectivity index is 3.06. The average molecular weight is 208 g/mol. The second-order valence-electron chi connectivity index (χ2n) is 3.28. The lowest BCUT2D eigenvalue weighted by molar-refractivity contribution is 0.318. The molecule has 1 rings (SSSR count). The van der Waals surface area contributed by atoms with Crippen LogP contribution < -0.4 is 10.6 Å². The van der Waals surface area contributed by atoms with Crippen LogP contribution in [0.1, 0.15) is 19.0 Å². The molecule has 15 heavy (non-hydrogen) atoms. The van der Waals surface area contributed by atoms with Gasteiger partial charge in [0.1, 0.15) is 5.69 Å². The maximum Gasteiger partial charge on any atom is 0.190 e. The van der Waals surface area contributed by atoms with Gasteiger partial charge in [0.15, 0.2) is 5.84 Å². The van der Waals surface area contributed by atoms with Gasteiger partial charge in [-0.1, -0.05) is 12.1 Å². The normalized spacial score (nSPS) is 11.5. The van der Waals surface area contributed by atoms with E-state index in [0.717, 1.165) is 18.7 Å². The maximum absolute atomic E-state index is 8.63. The summed E-state index contributed by atoms with van der Waals surface area (Å²) in [5.74, 6) is 0.0357. The van der Waals surface area contributed by atoms with E-state index in [9.17, 15) is 0 Å². The largest absolute Gasteiger partial charge is 0.409 e. The molecule has 0 aliphatic heterocycles. The molecule has 0 atom stereocenters. The molecular weight excluding hydrogens is 192 g/mol. The molecule has 0 saturated carbocycles. The van der Waals surface area contributed by atoms with Crippen LogP contribution in [-0.2, 0) is 0 Å². The molecule has 0 radical (unpaired) electrons. The number of amidine groups is 1. The van der Waals surface area contributed by atoms with Crippen LogP contribution in [0.25, 0.3) is 0 Å². The molecule has 5 nitrogen and oxygen atoms in total. The Bertz CT molecular complexity index is 351. The van der Waals surface area contributed by atoms with E-state index in [1.165, 1.54) is 0 Å². The first-order valence-corrected chi connectivity index (χ1v) is 4.84. The second-order valence-corrected chi connectivity index (χ2v) is 3.28. The smallest absolute Gasteiger partial charge is 0.190 e. The highest BCUT2D eigenvalue weighted by Gasteiger charge is 2.10. The van der Waals surface area contributed by atoms with Gasteiger partial charge in [-0.15, -0.1) is 0 Å². The zero-order chi connectivity index (χ0) is 11.3. The molecule has 3 N–H and O–H groups in total. The molecule has 0 fully saturated rings. The lowest BCUT2D eigenvalue weighted by atomic mass is 10.2. The fourth-order valence-electron chi connectivity index (χ4n) is 1.41. The molecule has 0 bridgehead atoms. The quantitative estimate of drug-likeness (QED) is 0.335. The number of nitrogens with zero attached hydrogens (tertiary/aromatic N) is 3. The summed E-state index contributed by atoms with van der Waals surface area (Å²) in [6.07, 6.45) is 2.65. The van der Waals surface area contributed by atoms with E-state index in [0.29, 0.717) is 5.69 Å². The fourth-order valence-corrected chi connectivity index (χ4v) is 1.41. The van der Waals surface area contributed by atoms with Crippen LogP contribution in [0.2, 0.25) is 0 Å². The van der Waals surface area contributed by atoms with Gasteiger partial charge in [0.05, 0.1) is 5.69 Å². The number of rotatable bonds is 4. The van der Waals surface area contributed by atoms with Crippen molar-refractivity contribution in [3.63, 3.8) is 0 Å². The molecule has 0 unspecified atom stereocenters. The van der Waals surface area contributed by atoms with Gasteiger partial charge in [-0.25, -0.2) is 0 Å². The van der Waals surface area contributed by atoms with Crippen molar-refractivity contribution in [3.05, 3.63) is 24.0 Å². The van der Waals surface area contributed by atoms with Crippen LogP contribution >= 0.6 is 0 Å². The summed E-state index contributed by atoms with van der Waals surface area (Å²) in [4.78, 5) is 6.12. The minimum absolute atomic E-state index is 0.0357. The number of anilines is 1. The number of hydrogen-bond donors (Lipinski definition) is 2. The van der Waals surface area contributed by atoms with Crippen LogP contribution in [0.4, 0.5) is 5.69 Å². The molecule has 82 valence electrons. The molecule has 1 heterocycles. The van der Waals surface area contributed by atoms with Crippen molar-refractivity contribution in [2.75, 3.05) is 18.5 Å². The van der Waals surface area contributed by atoms with Crippen molar-refractivity contribution in [2.24, 2.45) is 10.9 Å². The first-order chi connectivity index (χ1) is 7.20. The Labute approximate surface area is 89.2 Å². The zero-order valence-electron chi connectivity index (χ0n) is 9.01. The second kappa shape index (κ2) is 5.19. The van der Waals surface area contributed by atoms with Crippen molar-refractivity contribution >= 4 is 11.5 Å². The molecule has 0 aliphatic rings. The standard InChI is InChI=1S/C10H16N4O/c1-3-7-14(2)8-5-4-6-12-9(8)10(11)13-15/h4-6,15H,3,7H2,1-2H3,(H2,11,13). The summed E-state index contributed by atoms with van der Waals surface area (Å²) in [5.41, 5.74) is 6.92. The minimum Gasteiger partial charge on any atom is -0.409 e. The van der Waals surface area contributed by atoms with E-state index >= 15 is 0 Å². The number of oxime groups is 1. The molecular formula is C10H16N4O. The van der Waals surface area contributed by atoms with Gasteiger partial charge >= 0.3 is 0 Å². The van der Waals surface area contributed by atoms with Crippen LogP contribution in [0, 0.1) is 0 Å². The Hall–Kier alpha value is -1.78. The Morgan fingerprint density at radius 1 is 1.67 bits per heavy atom. The third-order valence-corrected chi connectivity index (χ3v) is 2.11. The van der Waals surface area contributed by atoms with Gasteiger partial charge in [-0.05, 0) is 18.6 Å². The molecule has 5 heteroatoms. The van der Waals surface area contributed by atoms with Crippen LogP contribution in [-0.4, -0.2) is 29.6 Å². The summed E-state index contributed by atoms with van der Waals surface area (Å²) < 4.78 is 0. The van der Waals surface area contributed by atoms with Crippen molar-refractivity contribution < 1.29 is 5.21 Å². The van der Waals surface area contributed by atoms with Crippen molar-refractivity contribution in [1.82, 2.24) is 4.98 Å². The highest BCUT2D eigenvalue weighted by molar-refractivity contribution is 6.00. The number of aromatic nitrogens is 1. The summed E-state index contributed by atoms with van der Waals surface area (Å²) >= 11 is 0. The number of pyridine rings is 1. The average Bonchev–Trinajstić information content (AvgIpc) is 2.28. The predicted octanol–water partition coefficient (Wildman–Crippen LogP) is 1.02. The molecule has 0 aromatic carbocycles. The fraction of sp³-hybridized carbons (Fsp3) is 0.400. The molecule has 1 aromatic heterocycles. The van der Waals surface area contributed by atoms with Crippen molar-refractivity contribution in [2.45, 2.75) is 13.3 Å². The summed E-state index contributed by atoms with van der Waals surface area (Å²) in [5, 5.41) is 11.6. The topological polar surface area (TPSA) is 74.7 Å². The van der Waals surface area contributed by atoms with Crippen molar-refractivity contribution in [1.29, 1.82) is 0 Å². The van der Waals surface area contributed by atoms with Crippen molar-refractivity contribution in [3.8, 4) is 0 Å². The van der Waals surface area contributed by atoms with Gasteiger partial charge in [-0.3, -0.25) is 4.98 Å². The van der Waals surface area contributed by atoms with Gasteiger partial charge in [0.2, 0.25) is 0 Å². The lowest BCUT2D eigenvalue weighted by Crippen LogP contribution is -2.24. The summed E-state index contributed by atoms with van der Waals surface area (Å²) in [6, 6.07) is 3.73. The maximum atomic E-state index is 8.63. The molecule has 1 aromatic rings. The Morgan fingerprint density at radius 2 is 2.40 bits per heavy atom. The highest BCUT2D eigenvalue weighted by Crippen LogP contribution is 2.16. The van der Waals surface area contributed by atoms with E-state index in [4.69, 9.17) is 10.9 Å². The zero-order valence-corrected chi connectivity index (χ0v) is 9.01. The van der Waals surface area contributed by atoms with E-state index in [1.54, 1.807) is 6.20 Å². The first-order valence-electron chi connectivity index (χ1n) is 4.84. The Kier molecular flexibility index (Phi) is 3.91. The van der Waals surface area contributed by atoms with E-state index in [1.807, 2.05) is 24.1 Å². The number of hydrogen-bond acceptors (Lipinski definition) is 4. The summed E-state index contributed by atoms with van der Waals surface area (Å²) in [6.45, 7) is 2.99. The minimum atomic E-state index is 0.0357. The van der Waals surface area contributed by atoms with E-state index in [2.05, 4.69) is 17.1 Å². The predicted molar refractivity (Wildman–Crippen MR) is 60.3 cm³/mol. The Morgan fingerprint density at radius 3 is 3.00 bits per heavy atom. The van der Waals surface area contributed by atoms with Gasteiger partial charge in [0.25, 0.3) is 0 Å². The van der Waals surface area contributed by atoms with Gasteiger partial charge in [-0.2, -0.15) is 0 Å². The number of nitrogens with two attached hydrogens (primary N) is 1.